The number of carbonyl (C=O) groups excluding carboxylic acids is 4. The lowest BCUT2D eigenvalue weighted by Crippen LogP contribution is -2.30. The normalized spacial score (nSPS) is 14.4. The molecule has 0 radical (unpaired) electrons. The Labute approximate surface area is 620 Å². The molecule has 19 heteroatoms. The van der Waals surface area contributed by atoms with Crippen LogP contribution in [0.3, 0.4) is 0 Å². The fraction of sp³-hybridized carbons (Fsp3) is 0.759. The van der Waals surface area contributed by atoms with Gasteiger partial charge < -0.3 is 33.8 Å². The van der Waals surface area contributed by atoms with Crippen molar-refractivity contribution in [2.75, 3.05) is 39.6 Å². The number of aliphatic hydroxyl groups is 1. The van der Waals surface area contributed by atoms with Crippen molar-refractivity contribution in [1.82, 2.24) is 0 Å². The van der Waals surface area contributed by atoms with Crippen molar-refractivity contribution in [3.63, 3.8) is 0 Å². The van der Waals surface area contributed by atoms with Gasteiger partial charge in [0.25, 0.3) is 0 Å². The highest BCUT2D eigenvalue weighted by Gasteiger charge is 2.30. The Bertz CT molecular complexity index is 2310. The molecular formula is C83H146O17P2. The summed E-state index contributed by atoms with van der Waals surface area (Å²) >= 11 is 0. The Balaban J connectivity index is 5.43. The van der Waals surface area contributed by atoms with E-state index in [1.54, 1.807) is 0 Å². The van der Waals surface area contributed by atoms with E-state index < -0.39 is 97.5 Å². The predicted octanol–water partition coefficient (Wildman–Crippen LogP) is 23.6. The second kappa shape index (κ2) is 75.2. The van der Waals surface area contributed by atoms with Crippen LogP contribution in [0.25, 0.3) is 0 Å². The van der Waals surface area contributed by atoms with Gasteiger partial charge >= 0.3 is 39.5 Å². The summed E-state index contributed by atoms with van der Waals surface area (Å²) in [6, 6.07) is 0. The molecule has 0 aromatic heterocycles. The van der Waals surface area contributed by atoms with Crippen molar-refractivity contribution >= 4 is 39.5 Å². The first kappa shape index (κ1) is 98.0. The maximum absolute atomic E-state index is 13.1. The van der Waals surface area contributed by atoms with E-state index in [1.807, 2.05) is 12.2 Å². The number of unbranched alkanes of at least 4 members (excludes halogenated alkanes) is 35. The minimum Gasteiger partial charge on any atom is -0.462 e. The summed E-state index contributed by atoms with van der Waals surface area (Å²) in [4.78, 5) is 73.0. The fourth-order valence-corrected chi connectivity index (χ4v) is 12.4. The first-order valence-electron chi connectivity index (χ1n) is 40.5. The molecule has 3 N–H and O–H groups in total. The van der Waals surface area contributed by atoms with E-state index in [9.17, 15) is 43.2 Å². The molecule has 0 saturated carbocycles. The smallest absolute Gasteiger partial charge is 0.462 e. The van der Waals surface area contributed by atoms with Crippen LogP contribution in [0.2, 0.25) is 0 Å². The first-order valence-corrected chi connectivity index (χ1v) is 43.5. The summed E-state index contributed by atoms with van der Waals surface area (Å²) in [6.45, 7) is 4.76. The van der Waals surface area contributed by atoms with E-state index in [0.717, 1.165) is 141 Å². The van der Waals surface area contributed by atoms with Gasteiger partial charge in [0.15, 0.2) is 12.2 Å². The highest BCUT2D eigenvalue weighted by atomic mass is 31.2. The third-order valence-electron chi connectivity index (χ3n) is 17.0. The van der Waals surface area contributed by atoms with E-state index in [4.69, 9.17) is 37.0 Å². The molecule has 0 bridgehead atoms. The molecule has 0 aliphatic heterocycles. The number of phosphoric acid groups is 2. The summed E-state index contributed by atoms with van der Waals surface area (Å²) in [5, 5.41) is 10.6. The van der Waals surface area contributed by atoms with Gasteiger partial charge in [0.1, 0.15) is 19.3 Å². The number of hydrogen-bond acceptors (Lipinski definition) is 15. The molecule has 5 atom stereocenters. The fourth-order valence-electron chi connectivity index (χ4n) is 10.8. The first-order chi connectivity index (χ1) is 49.7. The van der Waals surface area contributed by atoms with Gasteiger partial charge in [0.05, 0.1) is 26.4 Å². The second-order valence-electron chi connectivity index (χ2n) is 27.0. The maximum atomic E-state index is 13.1. The van der Waals surface area contributed by atoms with Gasteiger partial charge in [-0.25, -0.2) is 9.13 Å². The second-order valence-corrected chi connectivity index (χ2v) is 29.9. The molecular weight excluding hydrogens is 1330 g/mol. The van der Waals surface area contributed by atoms with Crippen LogP contribution < -0.4 is 0 Å². The van der Waals surface area contributed by atoms with Gasteiger partial charge in [-0.2, -0.15) is 0 Å². The molecule has 0 rings (SSSR count). The van der Waals surface area contributed by atoms with E-state index in [2.05, 4.69) is 113 Å². The van der Waals surface area contributed by atoms with Crippen LogP contribution in [-0.4, -0.2) is 96.7 Å². The number of hydrogen-bond donors (Lipinski definition) is 3. The Morgan fingerprint density at radius 3 is 0.873 bits per heavy atom. The zero-order valence-electron chi connectivity index (χ0n) is 64.5. The quantitative estimate of drug-likeness (QED) is 0.0128. The molecule has 0 aromatic carbocycles. The van der Waals surface area contributed by atoms with Crippen LogP contribution >= 0.6 is 15.6 Å². The average Bonchev–Trinajstić information content (AvgIpc) is 0.917. The molecule has 0 aliphatic rings. The molecule has 0 spiro atoms. The summed E-state index contributed by atoms with van der Waals surface area (Å²) in [5.41, 5.74) is 0. The van der Waals surface area contributed by atoms with E-state index in [0.29, 0.717) is 32.1 Å². The molecule has 17 nitrogen and oxygen atoms in total. The van der Waals surface area contributed by atoms with Gasteiger partial charge in [0, 0.05) is 25.7 Å². The van der Waals surface area contributed by atoms with Gasteiger partial charge in [-0.3, -0.25) is 37.3 Å². The Morgan fingerprint density at radius 2 is 0.520 bits per heavy atom. The SMILES string of the molecule is CCCCC/C=C\C/C=C\C/C=C\C/C=C\CCCC(=O)O[C@H](COC(=O)CCCCCCC/C=C\CCCCCCCC)COP(=O)(O)OC[C@@H](O)COP(=O)(O)OC[C@@H](COC(=O)CCCCCCC/C=C\C=C/CCCCCC)OC(=O)CCCCCCC/C=C\CCCCCCCC. The monoisotopic (exact) mass is 1480 g/mol. The lowest BCUT2D eigenvalue weighted by molar-refractivity contribution is -0.161. The van der Waals surface area contributed by atoms with E-state index in [-0.39, 0.29) is 25.7 Å². The lowest BCUT2D eigenvalue weighted by atomic mass is 10.1. The van der Waals surface area contributed by atoms with Gasteiger partial charge in [-0.1, -0.05) is 279 Å². The third kappa shape index (κ3) is 74.3. The summed E-state index contributed by atoms with van der Waals surface area (Å²) in [6.07, 6.45) is 79.6. The van der Waals surface area contributed by atoms with Crippen LogP contribution in [0.15, 0.2) is 97.2 Å². The van der Waals surface area contributed by atoms with Crippen molar-refractivity contribution in [2.45, 2.75) is 367 Å². The molecule has 2 unspecified atom stereocenters. The summed E-state index contributed by atoms with van der Waals surface area (Å²) in [7, 11) is -9.98. The number of phosphoric ester groups is 2. The van der Waals surface area contributed by atoms with Crippen molar-refractivity contribution in [3.05, 3.63) is 97.2 Å². The largest absolute Gasteiger partial charge is 0.472 e. The molecule has 102 heavy (non-hydrogen) atoms. The lowest BCUT2D eigenvalue weighted by Gasteiger charge is -2.21. The molecule has 0 aromatic rings. The zero-order chi connectivity index (χ0) is 74.6. The maximum Gasteiger partial charge on any atom is 0.472 e. The molecule has 0 amide bonds. The molecule has 0 saturated heterocycles. The number of rotatable bonds is 76. The van der Waals surface area contributed by atoms with Crippen LogP contribution in [0.5, 0.6) is 0 Å². The van der Waals surface area contributed by atoms with E-state index >= 15 is 0 Å². The third-order valence-corrected chi connectivity index (χ3v) is 18.9. The van der Waals surface area contributed by atoms with Crippen molar-refractivity contribution < 1.29 is 80.2 Å². The summed E-state index contributed by atoms with van der Waals surface area (Å²) < 4.78 is 68.5. The van der Waals surface area contributed by atoms with Gasteiger partial charge in [0.2, 0.25) is 0 Å². The average molecular weight is 1480 g/mol. The van der Waals surface area contributed by atoms with Crippen LogP contribution in [-0.2, 0) is 65.4 Å². The van der Waals surface area contributed by atoms with Gasteiger partial charge in [-0.15, -0.1) is 0 Å². The van der Waals surface area contributed by atoms with Crippen LogP contribution in [0, 0.1) is 0 Å². The zero-order valence-corrected chi connectivity index (χ0v) is 66.3. The molecule has 590 valence electrons. The van der Waals surface area contributed by atoms with Crippen molar-refractivity contribution in [1.29, 1.82) is 0 Å². The number of carbonyl (C=O) groups is 4. The Kier molecular flexibility index (Phi) is 72.3. The van der Waals surface area contributed by atoms with Gasteiger partial charge in [-0.05, 0) is 141 Å². The number of esters is 4. The van der Waals surface area contributed by atoms with Crippen molar-refractivity contribution in [2.24, 2.45) is 0 Å². The minimum atomic E-state index is -4.99. The standard InChI is InChI=1S/C83H146O17P2/c1-5-9-13-17-21-25-29-33-37-38-42-46-50-54-58-62-66-70-83(88)100-79(74-94-81(86)68-64-60-56-52-48-44-40-35-31-27-23-19-15-11-7-3)76-98-102(91,92)96-72-77(84)71-95-101(89,90)97-75-78(99-82(87)69-65-61-57-53-49-45-41-36-32-28-24-20-16-12-8-4)73-93-80(85)67-63-59-55-51-47-43-39-34-30-26-22-18-14-10-6-2/h21,25-26,30,33-37,39-42,46,54,58,77-79,84H,5-20,22-24,27-29,31-32,38,43-45,47-53,55-57,59-76H2,1-4H3,(H,89,90)(H,91,92)/b25-21-,30-26-,37-33-,39-34-,40-35-,41-36-,46-42-,58-54-/t77-,78+,79+/m0/s1. The number of ether oxygens (including phenoxy) is 4. The minimum absolute atomic E-state index is 0.0177. The molecule has 0 fully saturated rings. The van der Waals surface area contributed by atoms with Crippen molar-refractivity contribution in [3.8, 4) is 0 Å². The Hall–Kier alpha value is -4.02. The van der Waals surface area contributed by atoms with E-state index in [1.165, 1.54) is 122 Å². The Morgan fingerprint density at radius 1 is 0.284 bits per heavy atom. The molecule has 0 heterocycles. The number of aliphatic hydroxyl groups excluding tert-OH is 1. The van der Waals surface area contributed by atoms with Crippen LogP contribution in [0.1, 0.15) is 349 Å². The highest BCUT2D eigenvalue weighted by molar-refractivity contribution is 7.47. The topological polar surface area (TPSA) is 237 Å². The molecule has 0 aliphatic carbocycles. The number of allylic oxidation sites excluding steroid dienone is 16. The highest BCUT2D eigenvalue weighted by Crippen LogP contribution is 2.45. The van der Waals surface area contributed by atoms with Crippen LogP contribution in [0.4, 0.5) is 0 Å². The summed E-state index contributed by atoms with van der Waals surface area (Å²) in [5.74, 6) is -2.26. The predicted molar refractivity (Wildman–Crippen MR) is 418 cm³/mol.